The second-order valence-electron chi connectivity index (χ2n) is 3.97. The van der Waals surface area contributed by atoms with Crippen LogP contribution in [0.3, 0.4) is 0 Å². The van der Waals surface area contributed by atoms with Crippen molar-refractivity contribution in [1.82, 2.24) is 5.32 Å². The molecule has 0 bridgehead atoms. The van der Waals surface area contributed by atoms with E-state index in [4.69, 9.17) is 5.11 Å². The SMILES string of the molecule is CSCC(C)CNC(=O)c1ccc(O)cc1O. The third-order valence-corrected chi connectivity index (χ3v) is 3.19. The molecule has 0 radical (unpaired) electrons. The van der Waals surface area contributed by atoms with E-state index in [9.17, 15) is 9.90 Å². The highest BCUT2D eigenvalue weighted by molar-refractivity contribution is 7.98. The molecular weight excluding hydrogens is 238 g/mol. The summed E-state index contributed by atoms with van der Waals surface area (Å²) in [7, 11) is 0. The molecule has 94 valence electrons. The van der Waals surface area contributed by atoms with Crippen molar-refractivity contribution in [2.75, 3.05) is 18.6 Å². The molecule has 5 heteroatoms. The fraction of sp³-hybridized carbons (Fsp3) is 0.417. The topological polar surface area (TPSA) is 69.6 Å². The maximum absolute atomic E-state index is 11.7. The highest BCUT2D eigenvalue weighted by Crippen LogP contribution is 2.22. The molecule has 1 atom stereocenters. The van der Waals surface area contributed by atoms with Crippen molar-refractivity contribution >= 4 is 17.7 Å². The molecule has 3 N–H and O–H groups in total. The molecule has 0 aliphatic carbocycles. The zero-order chi connectivity index (χ0) is 12.8. The van der Waals surface area contributed by atoms with Crippen LogP contribution < -0.4 is 5.32 Å². The Morgan fingerprint density at radius 1 is 1.47 bits per heavy atom. The first-order valence-corrected chi connectivity index (χ1v) is 6.73. The number of hydrogen-bond acceptors (Lipinski definition) is 4. The lowest BCUT2D eigenvalue weighted by molar-refractivity contribution is 0.0946. The molecule has 0 saturated carbocycles. The average molecular weight is 255 g/mol. The Hall–Kier alpha value is -1.36. The largest absolute Gasteiger partial charge is 0.508 e. The molecule has 0 aromatic heterocycles. The van der Waals surface area contributed by atoms with Gasteiger partial charge in [0.05, 0.1) is 5.56 Å². The van der Waals surface area contributed by atoms with Crippen molar-refractivity contribution in [3.8, 4) is 11.5 Å². The van der Waals surface area contributed by atoms with Gasteiger partial charge in [-0.2, -0.15) is 11.8 Å². The second kappa shape index (κ2) is 6.39. The molecule has 0 aliphatic rings. The molecule has 1 rings (SSSR count). The van der Waals surface area contributed by atoms with E-state index in [-0.39, 0.29) is 23.0 Å². The van der Waals surface area contributed by atoms with E-state index in [0.717, 1.165) is 11.8 Å². The van der Waals surface area contributed by atoms with Crippen LogP contribution in [0.15, 0.2) is 18.2 Å². The van der Waals surface area contributed by atoms with Gasteiger partial charge in [0.25, 0.3) is 5.91 Å². The summed E-state index contributed by atoms with van der Waals surface area (Å²) in [4.78, 5) is 11.7. The minimum absolute atomic E-state index is 0.0604. The van der Waals surface area contributed by atoms with Crippen LogP contribution in [0.5, 0.6) is 11.5 Å². The number of aromatic hydroxyl groups is 2. The molecular formula is C12H17NO3S. The molecule has 0 heterocycles. The first-order valence-electron chi connectivity index (χ1n) is 5.33. The number of thioether (sulfide) groups is 1. The van der Waals surface area contributed by atoms with Crippen LogP contribution in [0.4, 0.5) is 0 Å². The standard InChI is InChI=1S/C12H17NO3S/c1-8(7-17-2)6-13-12(16)10-4-3-9(14)5-11(10)15/h3-5,8,14-15H,6-7H2,1-2H3,(H,13,16). The Balaban J connectivity index is 2.58. The highest BCUT2D eigenvalue weighted by Gasteiger charge is 2.12. The van der Waals surface area contributed by atoms with Crippen LogP contribution >= 0.6 is 11.8 Å². The van der Waals surface area contributed by atoms with Crippen LogP contribution in [0.25, 0.3) is 0 Å². The summed E-state index contributed by atoms with van der Waals surface area (Å²) in [6, 6.07) is 3.93. The quantitative estimate of drug-likeness (QED) is 0.750. The molecule has 4 nitrogen and oxygen atoms in total. The summed E-state index contributed by atoms with van der Waals surface area (Å²) in [5.41, 5.74) is 0.180. The molecule has 1 aromatic rings. The van der Waals surface area contributed by atoms with Crippen LogP contribution in [0.2, 0.25) is 0 Å². The molecule has 0 fully saturated rings. The van der Waals surface area contributed by atoms with Gasteiger partial charge in [0.2, 0.25) is 0 Å². The van der Waals surface area contributed by atoms with E-state index in [1.807, 2.05) is 13.2 Å². The van der Waals surface area contributed by atoms with Crippen LogP contribution in [-0.2, 0) is 0 Å². The van der Waals surface area contributed by atoms with E-state index in [1.54, 1.807) is 11.8 Å². The normalized spacial score (nSPS) is 12.1. The van der Waals surface area contributed by atoms with Gasteiger partial charge in [-0.3, -0.25) is 4.79 Å². The maximum atomic E-state index is 11.7. The number of nitrogens with one attached hydrogen (secondary N) is 1. The van der Waals surface area contributed by atoms with Gasteiger partial charge in [0, 0.05) is 12.6 Å². The third-order valence-electron chi connectivity index (χ3n) is 2.29. The lowest BCUT2D eigenvalue weighted by Crippen LogP contribution is -2.29. The fourth-order valence-corrected chi connectivity index (χ4v) is 2.10. The summed E-state index contributed by atoms with van der Waals surface area (Å²) in [6.45, 7) is 2.62. The van der Waals surface area contributed by atoms with Gasteiger partial charge in [-0.15, -0.1) is 0 Å². The number of hydrogen-bond donors (Lipinski definition) is 3. The lowest BCUT2D eigenvalue weighted by atomic mass is 10.1. The van der Waals surface area contributed by atoms with Gasteiger partial charge in [0.1, 0.15) is 11.5 Å². The van der Waals surface area contributed by atoms with Crippen molar-refractivity contribution < 1.29 is 15.0 Å². The van der Waals surface area contributed by atoms with Gasteiger partial charge >= 0.3 is 0 Å². The van der Waals surface area contributed by atoms with E-state index < -0.39 is 0 Å². The van der Waals surface area contributed by atoms with Crippen molar-refractivity contribution in [3.05, 3.63) is 23.8 Å². The molecule has 1 unspecified atom stereocenters. The second-order valence-corrected chi connectivity index (χ2v) is 4.88. The predicted octanol–water partition coefficient (Wildman–Crippen LogP) is 1.83. The number of amides is 1. The maximum Gasteiger partial charge on any atom is 0.255 e. The van der Waals surface area contributed by atoms with Crippen molar-refractivity contribution in [1.29, 1.82) is 0 Å². The Labute approximate surface area is 105 Å². The molecule has 17 heavy (non-hydrogen) atoms. The van der Waals surface area contributed by atoms with E-state index >= 15 is 0 Å². The molecule has 0 spiro atoms. The van der Waals surface area contributed by atoms with Crippen LogP contribution in [-0.4, -0.2) is 34.7 Å². The molecule has 0 saturated heterocycles. The van der Waals surface area contributed by atoms with Gasteiger partial charge in [-0.1, -0.05) is 6.92 Å². The van der Waals surface area contributed by atoms with Gasteiger partial charge < -0.3 is 15.5 Å². The lowest BCUT2D eigenvalue weighted by Gasteiger charge is -2.11. The fourth-order valence-electron chi connectivity index (χ4n) is 1.42. The van der Waals surface area contributed by atoms with E-state index in [1.165, 1.54) is 12.1 Å². The van der Waals surface area contributed by atoms with Gasteiger partial charge in [-0.05, 0) is 30.1 Å². The van der Waals surface area contributed by atoms with E-state index in [0.29, 0.717) is 12.5 Å². The minimum Gasteiger partial charge on any atom is -0.508 e. The average Bonchev–Trinajstić information content (AvgIpc) is 2.26. The summed E-state index contributed by atoms with van der Waals surface area (Å²) >= 11 is 1.73. The third kappa shape index (κ3) is 4.19. The summed E-state index contributed by atoms with van der Waals surface area (Å²) < 4.78 is 0. The Bertz CT molecular complexity index is 395. The smallest absolute Gasteiger partial charge is 0.255 e. The van der Waals surface area contributed by atoms with Crippen LogP contribution in [0, 0.1) is 5.92 Å². The Morgan fingerprint density at radius 3 is 2.76 bits per heavy atom. The highest BCUT2D eigenvalue weighted by atomic mass is 32.2. The number of phenols is 2. The predicted molar refractivity (Wildman–Crippen MR) is 69.7 cm³/mol. The minimum atomic E-state index is -0.324. The molecule has 0 aliphatic heterocycles. The Morgan fingerprint density at radius 2 is 2.18 bits per heavy atom. The number of benzene rings is 1. The summed E-state index contributed by atoms with van der Waals surface area (Å²) in [5, 5.41) is 21.4. The number of carbonyl (C=O) groups is 1. The van der Waals surface area contributed by atoms with Crippen molar-refractivity contribution in [2.24, 2.45) is 5.92 Å². The van der Waals surface area contributed by atoms with E-state index in [2.05, 4.69) is 5.32 Å². The summed E-state index contributed by atoms with van der Waals surface area (Å²) in [5.74, 6) is 0.764. The zero-order valence-corrected chi connectivity index (χ0v) is 10.8. The monoisotopic (exact) mass is 255 g/mol. The number of rotatable bonds is 5. The summed E-state index contributed by atoms with van der Waals surface area (Å²) in [6.07, 6.45) is 2.02. The van der Waals surface area contributed by atoms with Crippen molar-refractivity contribution in [2.45, 2.75) is 6.92 Å². The first-order chi connectivity index (χ1) is 8.04. The first kappa shape index (κ1) is 13.7. The number of phenolic OH excluding ortho intramolecular Hbond substituents is 2. The molecule has 1 amide bonds. The van der Waals surface area contributed by atoms with Crippen LogP contribution in [0.1, 0.15) is 17.3 Å². The van der Waals surface area contributed by atoms with Gasteiger partial charge in [-0.25, -0.2) is 0 Å². The molecule has 1 aromatic carbocycles. The van der Waals surface area contributed by atoms with Gasteiger partial charge in [0.15, 0.2) is 0 Å². The zero-order valence-electron chi connectivity index (χ0n) is 9.93. The Kier molecular flexibility index (Phi) is 5.15. The number of carbonyl (C=O) groups excluding carboxylic acids is 1. The van der Waals surface area contributed by atoms with Crippen molar-refractivity contribution in [3.63, 3.8) is 0 Å².